The zero-order valence-electron chi connectivity index (χ0n) is 43.7. The second kappa shape index (κ2) is 27.0. The van der Waals surface area contributed by atoms with Crippen molar-refractivity contribution < 1.29 is 57.0 Å². The molecule has 0 bridgehead atoms. The predicted molar refractivity (Wildman–Crippen MR) is 281 cm³/mol. The maximum atomic E-state index is 16.5. The highest BCUT2D eigenvalue weighted by Gasteiger charge is 2.38. The van der Waals surface area contributed by atoms with Crippen LogP contribution in [0.4, 0.5) is 25.5 Å². The molecule has 7 rings (SSSR count). The van der Waals surface area contributed by atoms with E-state index in [-0.39, 0.29) is 107 Å². The molecule has 5 heterocycles. The van der Waals surface area contributed by atoms with Crippen LogP contribution in [0.3, 0.4) is 0 Å². The Hall–Kier alpha value is -8.48. The monoisotopic (exact) mass is 1080 g/mol. The minimum atomic E-state index is -1.54. The van der Waals surface area contributed by atoms with Crippen LogP contribution in [-0.4, -0.2) is 148 Å². The highest BCUT2D eigenvalue weighted by Crippen LogP contribution is 2.28. The first-order valence-corrected chi connectivity index (χ1v) is 25.8. The number of fused-ring (bicyclic) bond motifs is 2. The van der Waals surface area contributed by atoms with E-state index in [9.17, 15) is 43.2 Å². The largest absolute Gasteiger partial charge is 0.497 e. The molecule has 24 nitrogen and oxygen atoms in total. The molecule has 1 saturated heterocycles. The molecule has 3 aliphatic rings. The average molecular weight is 1080 g/mol. The van der Waals surface area contributed by atoms with Crippen LogP contribution < -0.4 is 47.4 Å². The van der Waals surface area contributed by atoms with Crippen LogP contribution >= 0.6 is 0 Å². The average Bonchev–Trinajstić information content (AvgIpc) is 3.75. The first kappa shape index (κ1) is 57.2. The van der Waals surface area contributed by atoms with E-state index in [0.717, 1.165) is 4.90 Å². The van der Waals surface area contributed by atoms with Gasteiger partial charge in [-0.25, -0.2) is 23.9 Å². The third kappa shape index (κ3) is 15.6. The summed E-state index contributed by atoms with van der Waals surface area (Å²) < 4.78 is 34.7. The molecule has 0 radical (unpaired) electrons. The number of rotatable bonds is 25. The molecule has 0 saturated carbocycles. The van der Waals surface area contributed by atoms with Crippen LogP contribution in [0, 0.1) is 5.92 Å². The van der Waals surface area contributed by atoms with Gasteiger partial charge in [0.25, 0.3) is 23.3 Å². The summed E-state index contributed by atoms with van der Waals surface area (Å²) in [4.78, 5) is 128. The zero-order chi connectivity index (χ0) is 55.9. The first-order chi connectivity index (χ1) is 37.5. The number of hydrogen-bond donors (Lipinski definition) is 6. The number of nitrogens with zero attached hydrogens (tertiary/aromatic N) is 6. The molecule has 2 aromatic carbocycles. The van der Waals surface area contributed by atoms with Crippen molar-refractivity contribution in [2.75, 3.05) is 57.1 Å². The Morgan fingerprint density at radius 2 is 1.69 bits per heavy atom. The highest BCUT2D eigenvalue weighted by atomic mass is 19.1. The van der Waals surface area contributed by atoms with Crippen molar-refractivity contribution in [3.05, 3.63) is 94.6 Å². The number of hydrogen-bond acceptors (Lipinski definition) is 15. The molecule has 3 aliphatic heterocycles. The summed E-state index contributed by atoms with van der Waals surface area (Å²) in [6, 6.07) is 11.0. The third-order valence-corrected chi connectivity index (χ3v) is 13.4. The number of likely N-dealkylation sites (tertiary alicyclic amines) is 1. The molecule has 0 spiro atoms. The summed E-state index contributed by atoms with van der Waals surface area (Å²) in [7, 11) is 1.53. The van der Waals surface area contributed by atoms with Crippen LogP contribution in [0.15, 0.2) is 77.7 Å². The van der Waals surface area contributed by atoms with E-state index < -0.39 is 54.1 Å². The van der Waals surface area contributed by atoms with Crippen molar-refractivity contribution in [3.63, 3.8) is 0 Å². The summed E-state index contributed by atoms with van der Waals surface area (Å²) in [5.41, 5.74) is 7.27. The lowest BCUT2D eigenvalue weighted by molar-refractivity contribution is -0.137. The molecule has 78 heavy (non-hydrogen) atoms. The molecular formula is C53H65FN12O12. The lowest BCUT2D eigenvalue weighted by Crippen LogP contribution is -2.54. The van der Waals surface area contributed by atoms with Gasteiger partial charge in [0.15, 0.2) is 18.2 Å². The first-order valence-electron chi connectivity index (χ1n) is 25.8. The van der Waals surface area contributed by atoms with Crippen molar-refractivity contribution in [1.82, 2.24) is 45.2 Å². The summed E-state index contributed by atoms with van der Waals surface area (Å²) in [6.07, 6.45) is 3.44. The number of aromatic nitrogens is 3. The molecule has 1 fully saturated rings. The number of ether oxygens (including phenoxy) is 3. The minimum Gasteiger partial charge on any atom is -0.497 e. The number of methoxy groups -OCH3 is 1. The number of carbonyl (C=O) groups excluding carboxylic acids is 8. The topological polar surface area (TPSA) is 308 Å². The molecule has 25 heteroatoms. The highest BCUT2D eigenvalue weighted by molar-refractivity contribution is 6.12. The lowest BCUT2D eigenvalue weighted by Gasteiger charge is -2.40. The van der Waals surface area contributed by atoms with Crippen LogP contribution in [-0.2, 0) is 53.2 Å². The predicted octanol–water partition coefficient (Wildman–Crippen LogP) is 2.88. The van der Waals surface area contributed by atoms with Crippen LogP contribution in [0.1, 0.15) is 70.1 Å². The molecular weight excluding hydrogens is 1020 g/mol. The molecule has 7 N–H and O–H groups in total. The molecule has 4 aromatic rings. The number of piperidine rings is 1. The SMILES string of the molecule is COc1ccc2ncc(=O)n(CCN3CC[C@@H](N(Cc4ccc5c(n4)NC(=O)CO5)C(=O)OCc4ccc(NC(=O)[C@H](CCCNC(N)=O)NC(=O)C(NC(=O)CCCCCN5C(=O)C=CC5=O)C(C)C)cc4)[C@H](F)C3)c2c1. The Bertz CT molecular complexity index is 2940. The fraction of sp³-hybridized carbons (Fsp3) is 0.453. The number of benzene rings is 2. The number of unbranched alkanes of at least 4 members (excludes halogenated alkanes) is 2. The zero-order valence-corrected chi connectivity index (χ0v) is 43.7. The van der Waals surface area contributed by atoms with Gasteiger partial charge in [-0.05, 0) is 80.0 Å². The van der Waals surface area contributed by atoms with E-state index in [1.165, 1.54) is 30.4 Å². The van der Waals surface area contributed by atoms with Gasteiger partial charge in [-0.2, -0.15) is 0 Å². The Morgan fingerprint density at radius 1 is 0.923 bits per heavy atom. The molecule has 2 aromatic heterocycles. The van der Waals surface area contributed by atoms with E-state index in [1.807, 2.05) is 4.90 Å². The van der Waals surface area contributed by atoms with Gasteiger partial charge in [0, 0.05) is 69.6 Å². The number of primary amides is 1. The van der Waals surface area contributed by atoms with Gasteiger partial charge in [0.1, 0.15) is 30.6 Å². The number of halogens is 1. The molecule has 1 unspecified atom stereocenters. The lowest BCUT2D eigenvalue weighted by atomic mass is 10.0. The molecule has 416 valence electrons. The standard InChI is InChI=1S/C53H65FN12O12/c1-32(2)48(61-43(67)9-5-4-6-22-65-45(69)18-19-46(65)70)51(73)60-39(8-7-21-56-52(55)74)50(72)59-34-12-10-33(11-13-34)30-78-53(75)66(28-35-14-17-42-49(58-35)62-44(68)31-77-42)40-20-23-63(29-37(40)54)24-25-64-41-26-36(76-3)15-16-38(41)57-27-47(64)71/h10-19,26-27,32,37,39-40,48H,4-9,20-25,28-31H2,1-3H3,(H,59,72)(H,60,73)(H,61,67)(H3,55,56,74)(H,58,62,68)/t37-,39+,40-,48?/m1/s1. The van der Waals surface area contributed by atoms with Crippen LogP contribution in [0.5, 0.6) is 11.5 Å². The third-order valence-electron chi connectivity index (χ3n) is 13.4. The van der Waals surface area contributed by atoms with Gasteiger partial charge in [0.2, 0.25) is 17.7 Å². The summed E-state index contributed by atoms with van der Waals surface area (Å²) in [6.45, 7) is 4.15. The number of urea groups is 1. The van der Waals surface area contributed by atoms with Crippen molar-refractivity contribution in [2.45, 2.75) is 103 Å². The molecule has 4 atom stereocenters. The maximum Gasteiger partial charge on any atom is 0.410 e. The summed E-state index contributed by atoms with van der Waals surface area (Å²) in [5.74, 6) is -2.04. The van der Waals surface area contributed by atoms with Crippen molar-refractivity contribution in [1.29, 1.82) is 0 Å². The van der Waals surface area contributed by atoms with Gasteiger partial charge in [-0.3, -0.25) is 48.3 Å². The molecule has 9 amide bonds. The van der Waals surface area contributed by atoms with Crippen molar-refractivity contribution in [3.8, 4) is 11.5 Å². The van der Waals surface area contributed by atoms with Gasteiger partial charge in [0.05, 0.1) is 42.6 Å². The Morgan fingerprint density at radius 3 is 2.41 bits per heavy atom. The van der Waals surface area contributed by atoms with Gasteiger partial charge in [-0.15, -0.1) is 0 Å². The number of anilines is 2. The van der Waals surface area contributed by atoms with E-state index >= 15 is 4.39 Å². The second-order valence-corrected chi connectivity index (χ2v) is 19.4. The Labute approximate surface area is 448 Å². The van der Waals surface area contributed by atoms with Crippen molar-refractivity contribution in [2.24, 2.45) is 11.7 Å². The van der Waals surface area contributed by atoms with Crippen molar-refractivity contribution >= 4 is 70.1 Å². The summed E-state index contributed by atoms with van der Waals surface area (Å²) in [5, 5.41) is 13.4. The number of imide groups is 1. The van der Waals surface area contributed by atoms with E-state index in [4.69, 9.17) is 19.9 Å². The fourth-order valence-corrected chi connectivity index (χ4v) is 9.19. The van der Waals surface area contributed by atoms with Crippen LogP contribution in [0.2, 0.25) is 0 Å². The van der Waals surface area contributed by atoms with Gasteiger partial charge in [-0.1, -0.05) is 32.4 Å². The van der Waals surface area contributed by atoms with E-state index in [0.29, 0.717) is 71.8 Å². The van der Waals surface area contributed by atoms with E-state index in [2.05, 4.69) is 36.6 Å². The van der Waals surface area contributed by atoms with Gasteiger partial charge < -0.3 is 51.1 Å². The number of pyridine rings is 1. The number of alkyl halides is 1. The Kier molecular flexibility index (Phi) is 19.8. The number of carbonyl (C=O) groups is 8. The quantitative estimate of drug-likeness (QED) is 0.0411. The second-order valence-electron chi connectivity index (χ2n) is 19.4. The fourth-order valence-electron chi connectivity index (χ4n) is 9.19. The molecule has 0 aliphatic carbocycles. The van der Waals surface area contributed by atoms with Gasteiger partial charge >= 0.3 is 12.1 Å². The maximum absolute atomic E-state index is 16.5. The smallest absolute Gasteiger partial charge is 0.410 e. The normalized spacial score (nSPS) is 16.9. The minimum absolute atomic E-state index is 0.0516. The van der Waals surface area contributed by atoms with Crippen LogP contribution in [0.25, 0.3) is 11.0 Å². The number of nitrogens with one attached hydrogen (secondary N) is 5. The summed E-state index contributed by atoms with van der Waals surface area (Å²) >= 11 is 0. The number of amides is 9. The Balaban J connectivity index is 0.959. The number of nitrogens with two attached hydrogens (primary N) is 1. The van der Waals surface area contributed by atoms with E-state index in [1.54, 1.807) is 73.0 Å².